The van der Waals surface area contributed by atoms with E-state index in [9.17, 15) is 14.4 Å². The van der Waals surface area contributed by atoms with Crippen LogP contribution in [0.3, 0.4) is 0 Å². The lowest BCUT2D eigenvalue weighted by molar-refractivity contribution is -0.150. The van der Waals surface area contributed by atoms with Crippen molar-refractivity contribution < 1.29 is 19.5 Å². The fourth-order valence-electron chi connectivity index (χ4n) is 3.01. The normalized spacial score (nSPS) is 21.2. The molecule has 0 radical (unpaired) electrons. The van der Waals surface area contributed by atoms with E-state index in [1.807, 2.05) is 6.07 Å². The van der Waals surface area contributed by atoms with Crippen molar-refractivity contribution in [2.75, 3.05) is 20.6 Å². The van der Waals surface area contributed by atoms with Crippen molar-refractivity contribution in [1.29, 1.82) is 0 Å². The van der Waals surface area contributed by atoms with Crippen LogP contribution in [-0.2, 0) is 14.4 Å². The van der Waals surface area contributed by atoms with Crippen LogP contribution in [0, 0.1) is 5.92 Å². The van der Waals surface area contributed by atoms with Crippen molar-refractivity contribution >= 4 is 29.4 Å². The minimum atomic E-state index is -1.07. The Balaban J connectivity index is 2.33. The van der Waals surface area contributed by atoms with Gasteiger partial charge in [0, 0.05) is 25.5 Å². The molecule has 0 bridgehead atoms. The maximum Gasteiger partial charge on any atom is 0.323 e. The van der Waals surface area contributed by atoms with E-state index in [1.165, 1.54) is 11.9 Å². The first kappa shape index (κ1) is 17.3. The summed E-state index contributed by atoms with van der Waals surface area (Å²) in [6, 6.07) is 6.61. The van der Waals surface area contributed by atoms with Crippen LogP contribution in [0.2, 0.25) is 5.02 Å². The highest BCUT2D eigenvalue weighted by atomic mass is 35.5. The van der Waals surface area contributed by atoms with Crippen LogP contribution >= 0.6 is 11.6 Å². The van der Waals surface area contributed by atoms with E-state index < -0.39 is 17.9 Å². The van der Waals surface area contributed by atoms with E-state index in [-0.39, 0.29) is 24.8 Å². The van der Waals surface area contributed by atoms with Gasteiger partial charge >= 0.3 is 5.97 Å². The molecule has 2 unspecified atom stereocenters. The number of likely N-dealkylation sites (tertiary alicyclic amines) is 1. The molecule has 2 atom stereocenters. The first-order valence-electron chi connectivity index (χ1n) is 7.29. The molecule has 6 nitrogen and oxygen atoms in total. The standard InChI is InChI=1S/C16H19ClN2O4/c1-18(9-14(21)22)16(23)12-6-7-13(20)19(2)15(12)10-4-3-5-11(17)8-10/h3-5,8,12,15H,6-7,9H2,1-2H3,(H,21,22). The minimum Gasteiger partial charge on any atom is -0.480 e. The van der Waals surface area contributed by atoms with Crippen molar-refractivity contribution in [1.82, 2.24) is 9.80 Å². The number of likely N-dealkylation sites (N-methyl/N-ethyl adjacent to an activating group) is 1. The molecule has 0 aromatic heterocycles. The number of nitrogens with zero attached hydrogens (tertiary/aromatic N) is 2. The van der Waals surface area contributed by atoms with Gasteiger partial charge in [0.15, 0.2) is 0 Å². The second-order valence-electron chi connectivity index (χ2n) is 5.74. The number of rotatable bonds is 4. The Morgan fingerprint density at radius 2 is 2.13 bits per heavy atom. The van der Waals surface area contributed by atoms with E-state index in [2.05, 4.69) is 0 Å². The molecule has 0 saturated carbocycles. The van der Waals surface area contributed by atoms with Crippen molar-refractivity contribution in [3.63, 3.8) is 0 Å². The molecule has 0 spiro atoms. The fraction of sp³-hybridized carbons (Fsp3) is 0.438. The number of carboxylic acids is 1. The van der Waals surface area contributed by atoms with E-state index in [0.717, 1.165) is 5.56 Å². The van der Waals surface area contributed by atoms with Crippen LogP contribution in [0.1, 0.15) is 24.4 Å². The third-order valence-electron chi connectivity index (χ3n) is 4.12. The number of hydrogen-bond acceptors (Lipinski definition) is 3. The van der Waals surface area contributed by atoms with Gasteiger partial charge in [0.1, 0.15) is 6.54 Å². The average molecular weight is 339 g/mol. The van der Waals surface area contributed by atoms with Gasteiger partial charge < -0.3 is 14.9 Å². The maximum absolute atomic E-state index is 12.6. The van der Waals surface area contributed by atoms with Gasteiger partial charge in [-0.25, -0.2) is 0 Å². The quantitative estimate of drug-likeness (QED) is 0.908. The zero-order valence-electron chi connectivity index (χ0n) is 13.0. The summed E-state index contributed by atoms with van der Waals surface area (Å²) in [5, 5.41) is 9.40. The molecule has 1 aliphatic rings. The summed E-state index contributed by atoms with van der Waals surface area (Å²) in [5.41, 5.74) is 0.773. The SMILES string of the molecule is CN(CC(=O)O)C(=O)C1CCC(=O)N(C)C1c1cccc(Cl)c1. The number of hydrogen-bond donors (Lipinski definition) is 1. The second-order valence-corrected chi connectivity index (χ2v) is 6.17. The molecule has 7 heteroatoms. The average Bonchev–Trinajstić information content (AvgIpc) is 2.48. The Bertz CT molecular complexity index is 634. The largest absolute Gasteiger partial charge is 0.480 e. The number of carbonyl (C=O) groups is 3. The van der Waals surface area contributed by atoms with E-state index >= 15 is 0 Å². The highest BCUT2D eigenvalue weighted by Gasteiger charge is 2.40. The molecule has 1 aromatic carbocycles. The third-order valence-corrected chi connectivity index (χ3v) is 4.35. The summed E-state index contributed by atoms with van der Waals surface area (Å²) in [6.45, 7) is -0.366. The van der Waals surface area contributed by atoms with Crippen LogP contribution in [-0.4, -0.2) is 53.3 Å². The molecule has 1 heterocycles. The number of benzene rings is 1. The van der Waals surface area contributed by atoms with E-state index in [1.54, 1.807) is 30.1 Å². The summed E-state index contributed by atoms with van der Waals surface area (Å²) in [4.78, 5) is 38.3. The van der Waals surface area contributed by atoms with Crippen molar-refractivity contribution in [3.8, 4) is 0 Å². The van der Waals surface area contributed by atoms with Crippen molar-refractivity contribution in [3.05, 3.63) is 34.9 Å². The molecule has 1 N–H and O–H groups in total. The molecule has 0 aliphatic carbocycles. The summed E-state index contributed by atoms with van der Waals surface area (Å²) in [6.07, 6.45) is 0.661. The number of carboxylic acid groups (broad SMARTS) is 1. The van der Waals surface area contributed by atoms with Crippen LogP contribution in [0.15, 0.2) is 24.3 Å². The van der Waals surface area contributed by atoms with Gasteiger partial charge in [-0.15, -0.1) is 0 Å². The van der Waals surface area contributed by atoms with E-state index in [0.29, 0.717) is 11.4 Å². The van der Waals surface area contributed by atoms with Gasteiger partial charge in [-0.05, 0) is 24.1 Å². The van der Waals surface area contributed by atoms with E-state index in [4.69, 9.17) is 16.7 Å². The lowest BCUT2D eigenvalue weighted by Crippen LogP contribution is -2.47. The number of carbonyl (C=O) groups excluding carboxylic acids is 2. The predicted molar refractivity (Wildman–Crippen MR) is 85.0 cm³/mol. The molecular formula is C16H19ClN2O4. The van der Waals surface area contributed by atoms with Crippen LogP contribution in [0.5, 0.6) is 0 Å². The number of piperidine rings is 1. The highest BCUT2D eigenvalue weighted by Crippen LogP contribution is 2.37. The Morgan fingerprint density at radius 1 is 1.43 bits per heavy atom. The molecule has 1 fully saturated rings. The lowest BCUT2D eigenvalue weighted by Gasteiger charge is -2.39. The first-order valence-corrected chi connectivity index (χ1v) is 7.67. The Labute approximate surface area is 139 Å². The molecule has 23 heavy (non-hydrogen) atoms. The van der Waals surface area contributed by atoms with Gasteiger partial charge in [-0.2, -0.15) is 0 Å². The third kappa shape index (κ3) is 3.82. The topological polar surface area (TPSA) is 77.9 Å². The molecular weight excluding hydrogens is 320 g/mol. The number of aliphatic carboxylic acids is 1. The summed E-state index contributed by atoms with van der Waals surface area (Å²) in [7, 11) is 3.12. The molecule has 1 aromatic rings. The maximum atomic E-state index is 12.6. The molecule has 2 rings (SSSR count). The monoisotopic (exact) mass is 338 g/mol. The van der Waals surface area contributed by atoms with Gasteiger partial charge in [0.25, 0.3) is 0 Å². The van der Waals surface area contributed by atoms with Gasteiger partial charge in [0.2, 0.25) is 11.8 Å². The molecule has 1 saturated heterocycles. The Kier molecular flexibility index (Phi) is 5.26. The van der Waals surface area contributed by atoms with Crippen LogP contribution in [0.25, 0.3) is 0 Å². The molecule has 124 valence electrons. The number of amides is 2. The van der Waals surface area contributed by atoms with Gasteiger partial charge in [-0.3, -0.25) is 14.4 Å². The summed E-state index contributed by atoms with van der Waals surface area (Å²) in [5.74, 6) is -1.88. The number of halogens is 1. The summed E-state index contributed by atoms with van der Waals surface area (Å²) < 4.78 is 0. The second kappa shape index (κ2) is 7.00. The Hall–Kier alpha value is -2.08. The van der Waals surface area contributed by atoms with Gasteiger partial charge in [-0.1, -0.05) is 23.7 Å². The fourth-order valence-corrected chi connectivity index (χ4v) is 3.21. The predicted octanol–water partition coefficient (Wildman–Crippen LogP) is 1.79. The van der Waals surface area contributed by atoms with Crippen molar-refractivity contribution in [2.24, 2.45) is 5.92 Å². The zero-order valence-corrected chi connectivity index (χ0v) is 13.8. The minimum absolute atomic E-state index is 0.0417. The van der Waals surface area contributed by atoms with Crippen molar-refractivity contribution in [2.45, 2.75) is 18.9 Å². The Morgan fingerprint density at radius 3 is 2.74 bits per heavy atom. The van der Waals surface area contributed by atoms with Crippen LogP contribution < -0.4 is 0 Å². The zero-order chi connectivity index (χ0) is 17.1. The smallest absolute Gasteiger partial charge is 0.323 e. The van der Waals surface area contributed by atoms with Crippen LogP contribution in [0.4, 0.5) is 0 Å². The van der Waals surface area contributed by atoms with Gasteiger partial charge in [0.05, 0.1) is 12.0 Å². The lowest BCUT2D eigenvalue weighted by atomic mass is 9.83. The highest BCUT2D eigenvalue weighted by molar-refractivity contribution is 6.30. The molecule has 1 aliphatic heterocycles. The summed E-state index contributed by atoms with van der Waals surface area (Å²) >= 11 is 6.03. The first-order chi connectivity index (χ1) is 10.8. The molecule has 2 amide bonds.